The van der Waals surface area contributed by atoms with Crippen molar-refractivity contribution in [1.82, 2.24) is 0 Å². The highest BCUT2D eigenvalue weighted by Crippen LogP contribution is 2.34. The van der Waals surface area contributed by atoms with Gasteiger partial charge < -0.3 is 10.6 Å². The Morgan fingerprint density at radius 3 is 1.94 bits per heavy atom. The molecule has 0 unspecified atom stereocenters. The van der Waals surface area contributed by atoms with E-state index in [9.17, 15) is 49.7 Å². The summed E-state index contributed by atoms with van der Waals surface area (Å²) in [6.45, 7) is 1.27. The molecule has 11 nitrogen and oxygen atoms in total. The molecular formula is C17H14F3N3O8S2. The van der Waals surface area contributed by atoms with Crippen LogP contribution < -0.4 is 10.6 Å². The van der Waals surface area contributed by atoms with E-state index in [4.69, 9.17) is 0 Å². The SMILES string of the molecule is CC(=O)Nc1ccc(NC(=O)CS(=O)(=O)c2ccc(S(=O)(=O)C(F)(F)F)cc2[N+](=O)[O-])cc1. The third kappa shape index (κ3) is 6.04. The van der Waals surface area contributed by atoms with Crippen molar-refractivity contribution in [2.45, 2.75) is 22.2 Å². The number of nitrogens with zero attached hydrogens (tertiary/aromatic N) is 1. The highest BCUT2D eigenvalue weighted by molar-refractivity contribution is 7.92. The Labute approximate surface area is 184 Å². The maximum Gasteiger partial charge on any atom is 0.501 e. The van der Waals surface area contributed by atoms with Gasteiger partial charge in [0, 0.05) is 24.4 Å². The summed E-state index contributed by atoms with van der Waals surface area (Å²) in [5.41, 5.74) is -6.70. The van der Waals surface area contributed by atoms with Gasteiger partial charge >= 0.3 is 5.51 Å². The van der Waals surface area contributed by atoms with Crippen LogP contribution in [-0.4, -0.2) is 44.8 Å². The summed E-state index contributed by atoms with van der Waals surface area (Å²) in [6, 6.07) is 5.99. The quantitative estimate of drug-likeness (QED) is 0.423. The highest BCUT2D eigenvalue weighted by atomic mass is 32.2. The number of sulfone groups is 2. The van der Waals surface area contributed by atoms with E-state index in [1.165, 1.54) is 31.2 Å². The number of carbonyl (C=O) groups is 2. The molecule has 0 aliphatic heterocycles. The number of hydrogen-bond donors (Lipinski definition) is 2. The molecule has 0 saturated heterocycles. The first-order chi connectivity index (χ1) is 15.0. The molecule has 2 amide bonds. The molecule has 0 aliphatic rings. The van der Waals surface area contributed by atoms with Gasteiger partial charge in [-0.3, -0.25) is 19.7 Å². The molecule has 0 aliphatic carbocycles. The minimum Gasteiger partial charge on any atom is -0.326 e. The van der Waals surface area contributed by atoms with Crippen LogP contribution in [0.25, 0.3) is 0 Å². The van der Waals surface area contributed by atoms with E-state index in [1.54, 1.807) is 0 Å². The maximum atomic E-state index is 12.7. The average molecular weight is 509 g/mol. The van der Waals surface area contributed by atoms with E-state index in [0.29, 0.717) is 11.8 Å². The number of benzene rings is 2. The van der Waals surface area contributed by atoms with E-state index in [2.05, 4.69) is 10.6 Å². The van der Waals surface area contributed by atoms with Crippen LogP contribution in [0.5, 0.6) is 0 Å². The second-order valence-electron chi connectivity index (χ2n) is 6.40. The van der Waals surface area contributed by atoms with Gasteiger partial charge in [0.1, 0.15) is 10.6 Å². The van der Waals surface area contributed by atoms with Gasteiger partial charge in [0.05, 0.1) is 9.82 Å². The van der Waals surface area contributed by atoms with Gasteiger partial charge in [-0.05, 0) is 36.4 Å². The Kier molecular flexibility index (Phi) is 7.13. The van der Waals surface area contributed by atoms with Crippen molar-refractivity contribution in [3.8, 4) is 0 Å². The van der Waals surface area contributed by atoms with E-state index in [1.807, 2.05) is 0 Å². The lowest BCUT2D eigenvalue weighted by Crippen LogP contribution is -2.25. The summed E-state index contributed by atoms with van der Waals surface area (Å²) in [5.74, 6) is -2.82. The highest BCUT2D eigenvalue weighted by Gasteiger charge is 2.47. The van der Waals surface area contributed by atoms with Gasteiger partial charge in [-0.25, -0.2) is 16.8 Å². The van der Waals surface area contributed by atoms with E-state index in [0.717, 1.165) is 0 Å². The fourth-order valence-electron chi connectivity index (χ4n) is 2.49. The van der Waals surface area contributed by atoms with Gasteiger partial charge in [0.25, 0.3) is 15.5 Å². The molecule has 0 aromatic heterocycles. The predicted octanol–water partition coefficient (Wildman–Crippen LogP) is 2.26. The number of halogens is 3. The van der Waals surface area contributed by atoms with Crippen LogP contribution in [0.1, 0.15) is 6.92 Å². The molecule has 2 N–H and O–H groups in total. The van der Waals surface area contributed by atoms with E-state index < -0.39 is 57.2 Å². The number of amides is 2. The number of nitrogens with one attached hydrogen (secondary N) is 2. The molecule has 33 heavy (non-hydrogen) atoms. The van der Waals surface area contributed by atoms with Crippen LogP contribution in [0.2, 0.25) is 0 Å². The minimum atomic E-state index is -5.97. The molecule has 0 bridgehead atoms. The van der Waals surface area contributed by atoms with Crippen LogP contribution in [0.15, 0.2) is 52.3 Å². The monoisotopic (exact) mass is 509 g/mol. The largest absolute Gasteiger partial charge is 0.501 e. The first-order valence-electron chi connectivity index (χ1n) is 8.54. The first-order valence-corrected chi connectivity index (χ1v) is 11.7. The summed E-state index contributed by atoms with van der Waals surface area (Å²) in [6.07, 6.45) is 0. The van der Waals surface area contributed by atoms with Gasteiger partial charge in [0.2, 0.25) is 11.8 Å². The standard InChI is InChI=1S/C17H14F3N3O8S2/c1-10(24)21-11-2-4-12(5-3-11)22-16(25)9-32(28,29)15-7-6-13(8-14(15)23(26)27)33(30,31)17(18,19)20/h2-8H,9H2,1H3,(H,21,24)(H,22,25). The Hall–Kier alpha value is -3.53. The Bertz CT molecular complexity index is 1320. The van der Waals surface area contributed by atoms with Crippen LogP contribution in [0, 0.1) is 10.1 Å². The van der Waals surface area contributed by atoms with E-state index in [-0.39, 0.29) is 23.7 Å². The van der Waals surface area contributed by atoms with Crippen molar-refractivity contribution < 1.29 is 44.5 Å². The molecular weight excluding hydrogens is 495 g/mol. The first kappa shape index (κ1) is 25.7. The number of carbonyl (C=O) groups excluding carboxylic acids is 2. The van der Waals surface area contributed by atoms with Gasteiger partial charge in [0.15, 0.2) is 9.84 Å². The lowest BCUT2D eigenvalue weighted by Gasteiger charge is -2.10. The van der Waals surface area contributed by atoms with Crippen LogP contribution in [-0.2, 0) is 29.3 Å². The zero-order valence-corrected chi connectivity index (χ0v) is 18.0. The predicted molar refractivity (Wildman–Crippen MR) is 108 cm³/mol. The minimum absolute atomic E-state index is 0.0334. The van der Waals surface area contributed by atoms with Gasteiger partial charge in [-0.15, -0.1) is 0 Å². The number of nitro benzene ring substituents is 1. The number of nitro groups is 1. The van der Waals surface area contributed by atoms with Crippen molar-refractivity contribution in [3.05, 3.63) is 52.6 Å². The van der Waals surface area contributed by atoms with Gasteiger partial charge in [-0.1, -0.05) is 0 Å². The van der Waals surface area contributed by atoms with Crippen molar-refractivity contribution in [3.63, 3.8) is 0 Å². The Balaban J connectivity index is 2.31. The van der Waals surface area contributed by atoms with Gasteiger partial charge in [-0.2, -0.15) is 13.2 Å². The lowest BCUT2D eigenvalue weighted by atomic mass is 10.3. The van der Waals surface area contributed by atoms with Crippen LogP contribution in [0.4, 0.5) is 30.2 Å². The second-order valence-corrected chi connectivity index (χ2v) is 10.3. The number of rotatable bonds is 7. The number of alkyl halides is 3. The zero-order chi connectivity index (χ0) is 25.2. The van der Waals surface area contributed by atoms with Crippen molar-refractivity contribution in [1.29, 1.82) is 0 Å². The summed E-state index contributed by atoms with van der Waals surface area (Å²) >= 11 is 0. The fraction of sp³-hybridized carbons (Fsp3) is 0.176. The van der Waals surface area contributed by atoms with Crippen LogP contribution >= 0.6 is 0 Å². The molecule has 0 heterocycles. The average Bonchev–Trinajstić information content (AvgIpc) is 2.67. The molecule has 2 aromatic rings. The maximum absolute atomic E-state index is 12.7. The molecule has 2 aromatic carbocycles. The lowest BCUT2D eigenvalue weighted by molar-refractivity contribution is -0.388. The third-order valence-electron chi connectivity index (χ3n) is 3.89. The van der Waals surface area contributed by atoms with Crippen LogP contribution in [0.3, 0.4) is 0 Å². The summed E-state index contributed by atoms with van der Waals surface area (Å²) in [5, 5.41) is 15.9. The summed E-state index contributed by atoms with van der Waals surface area (Å²) in [7, 11) is -10.7. The normalized spacial score (nSPS) is 12.1. The molecule has 0 spiro atoms. The molecule has 2 rings (SSSR count). The zero-order valence-electron chi connectivity index (χ0n) is 16.4. The smallest absolute Gasteiger partial charge is 0.326 e. The summed E-state index contributed by atoms with van der Waals surface area (Å²) < 4.78 is 86.1. The Morgan fingerprint density at radius 1 is 0.970 bits per heavy atom. The number of anilines is 2. The topological polar surface area (TPSA) is 170 Å². The van der Waals surface area contributed by atoms with Crippen molar-refractivity contribution in [2.24, 2.45) is 0 Å². The molecule has 0 atom stereocenters. The fourth-order valence-corrected chi connectivity index (χ4v) is 4.57. The van der Waals surface area contributed by atoms with Crippen molar-refractivity contribution >= 4 is 48.6 Å². The second kappa shape index (κ2) is 9.14. The molecule has 0 fully saturated rings. The van der Waals surface area contributed by atoms with E-state index >= 15 is 0 Å². The third-order valence-corrected chi connectivity index (χ3v) is 7.03. The molecule has 0 radical (unpaired) electrons. The molecule has 178 valence electrons. The van der Waals surface area contributed by atoms with Crippen molar-refractivity contribution in [2.75, 3.05) is 16.4 Å². The molecule has 16 heteroatoms. The Morgan fingerprint density at radius 2 is 1.48 bits per heavy atom. The summed E-state index contributed by atoms with van der Waals surface area (Å²) in [4.78, 5) is 30.3. The number of hydrogen-bond acceptors (Lipinski definition) is 8. The molecule has 0 saturated carbocycles.